The molecule has 0 heterocycles. The molecule has 0 bridgehead atoms. The first-order valence-corrected chi connectivity index (χ1v) is 14.6. The van der Waals surface area contributed by atoms with Crippen molar-refractivity contribution in [2.75, 3.05) is 0 Å². The molecule has 5 fully saturated rings. The summed E-state index contributed by atoms with van der Waals surface area (Å²) in [7, 11) is 0. The first-order chi connectivity index (χ1) is 14.6. The van der Waals surface area contributed by atoms with Gasteiger partial charge in [-0.25, -0.2) is 0 Å². The molecular weight excluding hydrogens is 360 g/mol. The van der Waals surface area contributed by atoms with Gasteiger partial charge in [0.1, 0.15) is 0 Å². The predicted octanol–water partition coefficient (Wildman–Crippen LogP) is 9.52. The minimum atomic E-state index is 1.00. The molecule has 0 aromatic carbocycles. The van der Waals surface area contributed by atoms with Gasteiger partial charge in [0.05, 0.1) is 0 Å². The lowest BCUT2D eigenvalue weighted by Crippen LogP contribution is -2.49. The van der Waals surface area contributed by atoms with Crippen molar-refractivity contribution in [3.05, 3.63) is 0 Å². The van der Waals surface area contributed by atoms with Crippen molar-refractivity contribution in [3.63, 3.8) is 0 Å². The van der Waals surface area contributed by atoms with Gasteiger partial charge in [0.15, 0.2) is 0 Å². The van der Waals surface area contributed by atoms with E-state index in [1.165, 1.54) is 44.9 Å². The summed E-state index contributed by atoms with van der Waals surface area (Å²) in [5, 5.41) is 0. The molecule has 0 heteroatoms. The predicted molar refractivity (Wildman–Crippen MR) is 131 cm³/mol. The van der Waals surface area contributed by atoms with Gasteiger partial charge >= 0.3 is 0 Å². The van der Waals surface area contributed by atoms with Crippen LogP contribution in [0.3, 0.4) is 0 Å². The van der Waals surface area contributed by atoms with Gasteiger partial charge in [-0.1, -0.05) is 98.3 Å². The van der Waals surface area contributed by atoms with E-state index >= 15 is 0 Å². The molecule has 0 aromatic rings. The van der Waals surface area contributed by atoms with Gasteiger partial charge in [-0.3, -0.25) is 0 Å². The fraction of sp³-hybridized carbons (Fsp3) is 1.00. The standard InChI is InChI=1S/C24H42.C6H12/c1-4-17-13-14-18-9-6-7-11-21(18)23(17)24-20(5-2)16(3)15-19-10-8-12-22(19)24;1-6-4-2-3-5-6/h16-24H,4-15H2,1-3H3;6H,2-5H2,1H3. The Balaban J connectivity index is 0.000000313. The third-order valence-electron chi connectivity index (χ3n) is 11.1. The van der Waals surface area contributed by atoms with Crippen molar-refractivity contribution < 1.29 is 0 Å². The molecule has 0 radical (unpaired) electrons. The SMILES string of the molecule is CC1CCCC1.CCC1CCC2CCCCC2C1C1C(CC)C(C)CC2CCCC21. The van der Waals surface area contributed by atoms with Crippen LogP contribution < -0.4 is 0 Å². The lowest BCUT2D eigenvalue weighted by molar-refractivity contribution is -0.0696. The van der Waals surface area contributed by atoms with E-state index in [1.54, 1.807) is 57.8 Å². The van der Waals surface area contributed by atoms with Crippen LogP contribution in [0, 0.1) is 59.2 Å². The molecule has 9 unspecified atom stereocenters. The molecule has 0 N–H and O–H groups in total. The van der Waals surface area contributed by atoms with Crippen molar-refractivity contribution in [1.82, 2.24) is 0 Å². The third kappa shape index (κ3) is 4.83. The van der Waals surface area contributed by atoms with Gasteiger partial charge in [0.25, 0.3) is 0 Å². The highest BCUT2D eigenvalue weighted by molar-refractivity contribution is 5.01. The lowest BCUT2D eigenvalue weighted by Gasteiger charge is -2.56. The highest BCUT2D eigenvalue weighted by atomic mass is 14.6. The fourth-order valence-electron chi connectivity index (χ4n) is 9.74. The molecule has 0 saturated heterocycles. The van der Waals surface area contributed by atoms with Crippen molar-refractivity contribution in [2.24, 2.45) is 59.2 Å². The smallest absolute Gasteiger partial charge is 0.0319 e. The van der Waals surface area contributed by atoms with Crippen molar-refractivity contribution in [3.8, 4) is 0 Å². The minimum Gasteiger partial charge on any atom is -0.0651 e. The number of fused-ring (bicyclic) bond motifs is 2. The molecule has 0 spiro atoms. The van der Waals surface area contributed by atoms with E-state index in [0.29, 0.717) is 0 Å². The third-order valence-corrected chi connectivity index (χ3v) is 11.1. The molecular formula is C30H54. The highest BCUT2D eigenvalue weighted by Crippen LogP contribution is 2.60. The molecule has 5 aliphatic rings. The molecule has 30 heavy (non-hydrogen) atoms. The quantitative estimate of drug-likeness (QED) is 0.431. The van der Waals surface area contributed by atoms with E-state index in [4.69, 9.17) is 0 Å². The number of hydrogen-bond donors (Lipinski definition) is 0. The minimum absolute atomic E-state index is 1.00. The molecule has 5 saturated carbocycles. The molecule has 0 amide bonds. The zero-order valence-electron chi connectivity index (χ0n) is 21.1. The van der Waals surface area contributed by atoms with Crippen LogP contribution in [0.2, 0.25) is 0 Å². The van der Waals surface area contributed by atoms with Crippen LogP contribution in [-0.2, 0) is 0 Å². The summed E-state index contributed by atoms with van der Waals surface area (Å²) < 4.78 is 0. The summed E-state index contributed by atoms with van der Waals surface area (Å²) in [6.07, 6.45) is 24.5. The Morgan fingerprint density at radius 3 is 1.87 bits per heavy atom. The Hall–Kier alpha value is 0. The van der Waals surface area contributed by atoms with Crippen LogP contribution in [0.15, 0.2) is 0 Å². The molecule has 5 aliphatic carbocycles. The molecule has 174 valence electrons. The Labute approximate surface area is 189 Å². The average Bonchev–Trinajstić information content (AvgIpc) is 3.43. The average molecular weight is 415 g/mol. The van der Waals surface area contributed by atoms with Crippen LogP contribution >= 0.6 is 0 Å². The molecule has 0 nitrogen and oxygen atoms in total. The second kappa shape index (κ2) is 10.7. The Morgan fingerprint density at radius 2 is 1.20 bits per heavy atom. The fourth-order valence-corrected chi connectivity index (χ4v) is 9.74. The van der Waals surface area contributed by atoms with E-state index in [9.17, 15) is 0 Å². The summed E-state index contributed by atoms with van der Waals surface area (Å²) in [5.74, 6) is 10.8. The summed E-state index contributed by atoms with van der Waals surface area (Å²) in [6.45, 7) is 10.00. The summed E-state index contributed by atoms with van der Waals surface area (Å²) >= 11 is 0. The van der Waals surface area contributed by atoms with E-state index in [1.807, 2.05) is 0 Å². The van der Waals surface area contributed by atoms with Gasteiger partial charge in [0, 0.05) is 0 Å². The molecule has 0 aromatic heterocycles. The van der Waals surface area contributed by atoms with Crippen molar-refractivity contribution in [1.29, 1.82) is 0 Å². The maximum Gasteiger partial charge on any atom is -0.0319 e. The zero-order valence-corrected chi connectivity index (χ0v) is 21.1. The van der Waals surface area contributed by atoms with Crippen LogP contribution in [0.1, 0.15) is 130 Å². The van der Waals surface area contributed by atoms with Gasteiger partial charge < -0.3 is 0 Å². The zero-order chi connectivity index (χ0) is 21.1. The van der Waals surface area contributed by atoms with E-state index in [2.05, 4.69) is 27.7 Å². The van der Waals surface area contributed by atoms with E-state index in [-0.39, 0.29) is 0 Å². The normalized spacial score (nSPS) is 46.6. The van der Waals surface area contributed by atoms with Crippen LogP contribution in [0.4, 0.5) is 0 Å². The number of rotatable bonds is 3. The first-order valence-electron chi connectivity index (χ1n) is 14.6. The van der Waals surface area contributed by atoms with Gasteiger partial charge in [0.2, 0.25) is 0 Å². The topological polar surface area (TPSA) is 0 Å². The molecule has 9 atom stereocenters. The van der Waals surface area contributed by atoms with E-state index < -0.39 is 0 Å². The van der Waals surface area contributed by atoms with E-state index in [0.717, 1.165) is 59.2 Å². The lowest BCUT2D eigenvalue weighted by atomic mass is 9.49. The van der Waals surface area contributed by atoms with Crippen LogP contribution in [0.25, 0.3) is 0 Å². The summed E-state index contributed by atoms with van der Waals surface area (Å²) in [5.41, 5.74) is 0. The van der Waals surface area contributed by atoms with Gasteiger partial charge in [-0.2, -0.15) is 0 Å². The highest BCUT2D eigenvalue weighted by Gasteiger charge is 2.52. The first kappa shape index (κ1) is 23.2. The van der Waals surface area contributed by atoms with Gasteiger partial charge in [-0.05, 0) is 91.3 Å². The summed E-state index contributed by atoms with van der Waals surface area (Å²) in [4.78, 5) is 0. The maximum absolute atomic E-state index is 2.62. The Bertz CT molecular complexity index is 500. The largest absolute Gasteiger partial charge is 0.0651 e. The second-order valence-electron chi connectivity index (χ2n) is 12.6. The Kier molecular flexibility index (Phi) is 8.30. The van der Waals surface area contributed by atoms with Crippen molar-refractivity contribution >= 4 is 0 Å². The second-order valence-corrected chi connectivity index (χ2v) is 12.6. The van der Waals surface area contributed by atoms with Crippen molar-refractivity contribution in [2.45, 2.75) is 130 Å². The molecule has 5 rings (SSSR count). The van der Waals surface area contributed by atoms with Crippen LogP contribution in [0.5, 0.6) is 0 Å². The summed E-state index contributed by atoms with van der Waals surface area (Å²) in [6, 6.07) is 0. The van der Waals surface area contributed by atoms with Crippen LogP contribution in [-0.4, -0.2) is 0 Å². The monoisotopic (exact) mass is 414 g/mol. The molecule has 0 aliphatic heterocycles. The maximum atomic E-state index is 2.62. The van der Waals surface area contributed by atoms with Gasteiger partial charge in [-0.15, -0.1) is 0 Å². The Morgan fingerprint density at radius 1 is 0.567 bits per heavy atom. The number of hydrogen-bond acceptors (Lipinski definition) is 0.